The minimum Gasteiger partial charge on any atom is -0.381 e. The highest BCUT2D eigenvalue weighted by Crippen LogP contribution is 2.42. The summed E-state index contributed by atoms with van der Waals surface area (Å²) in [6.07, 6.45) is 10.3. The van der Waals surface area contributed by atoms with Gasteiger partial charge in [-0.05, 0) is 31.7 Å². The van der Waals surface area contributed by atoms with Crippen LogP contribution in [0.3, 0.4) is 0 Å². The van der Waals surface area contributed by atoms with Crippen molar-refractivity contribution >= 4 is 0 Å². The molecule has 2 heteroatoms. The van der Waals surface area contributed by atoms with Gasteiger partial charge < -0.3 is 10.1 Å². The van der Waals surface area contributed by atoms with Gasteiger partial charge in [-0.1, -0.05) is 39.5 Å². The quantitative estimate of drug-likeness (QED) is 0.760. The average molecular weight is 239 g/mol. The van der Waals surface area contributed by atoms with E-state index in [1.165, 1.54) is 51.5 Å². The Labute approximate surface area is 107 Å². The zero-order chi connectivity index (χ0) is 12.3. The number of ether oxygens (including phenoxy) is 1. The van der Waals surface area contributed by atoms with Gasteiger partial charge in [-0.3, -0.25) is 0 Å². The molecule has 0 spiro atoms. The number of nitrogens with one attached hydrogen (secondary N) is 1. The number of rotatable bonds is 4. The van der Waals surface area contributed by atoms with Gasteiger partial charge in [-0.15, -0.1) is 0 Å². The van der Waals surface area contributed by atoms with Gasteiger partial charge in [0.25, 0.3) is 0 Å². The maximum Gasteiger partial charge on any atom is 0.0652 e. The maximum absolute atomic E-state index is 5.50. The minimum absolute atomic E-state index is 0.319. The number of hydrogen-bond donors (Lipinski definition) is 1. The van der Waals surface area contributed by atoms with E-state index in [0.717, 1.165) is 5.92 Å². The summed E-state index contributed by atoms with van der Waals surface area (Å²) in [5.74, 6) is 0.926. The summed E-state index contributed by atoms with van der Waals surface area (Å²) in [5.41, 5.74) is 0.319. The molecule has 0 aromatic rings. The van der Waals surface area contributed by atoms with Gasteiger partial charge in [-0.2, -0.15) is 0 Å². The summed E-state index contributed by atoms with van der Waals surface area (Å²) in [7, 11) is 1.84. The molecule has 2 aliphatic rings. The summed E-state index contributed by atoms with van der Waals surface area (Å²) >= 11 is 0. The van der Waals surface area contributed by atoms with Crippen molar-refractivity contribution in [2.24, 2.45) is 11.3 Å². The zero-order valence-corrected chi connectivity index (χ0v) is 11.8. The van der Waals surface area contributed by atoms with Gasteiger partial charge in [0.05, 0.1) is 6.10 Å². The molecule has 2 saturated carbocycles. The number of hydrogen-bond acceptors (Lipinski definition) is 2. The van der Waals surface area contributed by atoms with Crippen LogP contribution in [0.15, 0.2) is 0 Å². The van der Waals surface area contributed by atoms with Gasteiger partial charge in [-0.25, -0.2) is 0 Å². The van der Waals surface area contributed by atoms with Gasteiger partial charge in [0.15, 0.2) is 0 Å². The maximum atomic E-state index is 5.50. The van der Waals surface area contributed by atoms with Crippen LogP contribution in [-0.4, -0.2) is 25.8 Å². The number of methoxy groups -OCH3 is 1. The Morgan fingerprint density at radius 1 is 1.12 bits per heavy atom. The first-order valence-electron chi connectivity index (χ1n) is 7.40. The lowest BCUT2D eigenvalue weighted by molar-refractivity contribution is -0.0981. The highest BCUT2D eigenvalue weighted by Gasteiger charge is 2.48. The molecule has 2 aliphatic carbocycles. The summed E-state index contributed by atoms with van der Waals surface area (Å²) in [6.45, 7) is 5.88. The lowest BCUT2D eigenvalue weighted by Gasteiger charge is -2.51. The molecule has 1 N–H and O–H groups in total. The highest BCUT2D eigenvalue weighted by molar-refractivity contribution is 5.02. The van der Waals surface area contributed by atoms with Crippen LogP contribution >= 0.6 is 0 Å². The molecule has 0 saturated heterocycles. The second kappa shape index (κ2) is 5.71. The molecule has 100 valence electrons. The van der Waals surface area contributed by atoms with Crippen molar-refractivity contribution in [1.82, 2.24) is 5.32 Å². The van der Waals surface area contributed by atoms with Gasteiger partial charge >= 0.3 is 0 Å². The van der Waals surface area contributed by atoms with Crippen LogP contribution < -0.4 is 5.32 Å². The van der Waals surface area contributed by atoms with E-state index in [4.69, 9.17) is 4.74 Å². The highest BCUT2D eigenvalue weighted by atomic mass is 16.5. The standard InChI is InChI=1S/C15H29NO/c1-15(2)13(10-14(15)17-3)16-11-12-8-6-4-5-7-9-12/h12-14,16H,4-11H2,1-3H3. The van der Waals surface area contributed by atoms with Crippen molar-refractivity contribution in [3.8, 4) is 0 Å². The molecular formula is C15H29NO. The van der Waals surface area contributed by atoms with E-state index >= 15 is 0 Å². The fourth-order valence-corrected chi connectivity index (χ4v) is 3.51. The van der Waals surface area contributed by atoms with E-state index in [-0.39, 0.29) is 0 Å². The molecule has 2 fully saturated rings. The smallest absolute Gasteiger partial charge is 0.0652 e. The SMILES string of the molecule is COC1CC(NCC2CCCCCC2)C1(C)C. The van der Waals surface area contributed by atoms with Crippen molar-refractivity contribution in [2.45, 2.75) is 70.9 Å². The largest absolute Gasteiger partial charge is 0.381 e. The summed E-state index contributed by atoms with van der Waals surface area (Å²) in [5, 5.41) is 3.79. The van der Waals surface area contributed by atoms with Crippen LogP contribution in [0.4, 0.5) is 0 Å². The third-order valence-electron chi connectivity index (χ3n) is 5.09. The Morgan fingerprint density at radius 2 is 1.76 bits per heavy atom. The van der Waals surface area contributed by atoms with Gasteiger partial charge in [0, 0.05) is 18.6 Å². The summed E-state index contributed by atoms with van der Waals surface area (Å²) in [4.78, 5) is 0. The molecule has 2 unspecified atom stereocenters. The van der Waals surface area contributed by atoms with E-state index in [9.17, 15) is 0 Å². The van der Waals surface area contributed by atoms with Crippen molar-refractivity contribution in [2.75, 3.05) is 13.7 Å². The van der Waals surface area contributed by atoms with E-state index in [1.54, 1.807) is 0 Å². The van der Waals surface area contributed by atoms with Crippen LogP contribution in [0.5, 0.6) is 0 Å². The Kier molecular flexibility index (Phi) is 4.48. The first-order valence-corrected chi connectivity index (χ1v) is 7.40. The Balaban J connectivity index is 1.72. The second-order valence-corrected chi connectivity index (χ2v) is 6.60. The van der Waals surface area contributed by atoms with Crippen LogP contribution in [-0.2, 0) is 4.74 Å². The molecule has 2 nitrogen and oxygen atoms in total. The predicted octanol–water partition coefficient (Wildman–Crippen LogP) is 3.36. The van der Waals surface area contributed by atoms with E-state index in [0.29, 0.717) is 17.6 Å². The molecule has 0 aromatic heterocycles. The lowest BCUT2D eigenvalue weighted by atomic mass is 9.64. The van der Waals surface area contributed by atoms with Crippen LogP contribution in [0.25, 0.3) is 0 Å². The molecule has 0 aromatic carbocycles. The van der Waals surface area contributed by atoms with E-state index < -0.39 is 0 Å². The van der Waals surface area contributed by atoms with Crippen LogP contribution in [0.1, 0.15) is 58.8 Å². The van der Waals surface area contributed by atoms with Gasteiger partial charge in [0.1, 0.15) is 0 Å². The average Bonchev–Trinajstić information content (AvgIpc) is 2.56. The van der Waals surface area contributed by atoms with Crippen molar-refractivity contribution in [3.63, 3.8) is 0 Å². The normalized spacial score (nSPS) is 34.1. The first kappa shape index (κ1) is 13.4. The molecule has 2 atom stereocenters. The predicted molar refractivity (Wildman–Crippen MR) is 72.2 cm³/mol. The molecular weight excluding hydrogens is 210 g/mol. The monoisotopic (exact) mass is 239 g/mol. The summed E-state index contributed by atoms with van der Waals surface area (Å²) in [6, 6.07) is 0.663. The first-order chi connectivity index (χ1) is 8.14. The van der Waals surface area contributed by atoms with Crippen LogP contribution in [0.2, 0.25) is 0 Å². The Bertz CT molecular complexity index is 231. The topological polar surface area (TPSA) is 21.3 Å². The van der Waals surface area contributed by atoms with Crippen molar-refractivity contribution in [3.05, 3.63) is 0 Å². The Morgan fingerprint density at radius 3 is 2.29 bits per heavy atom. The fourth-order valence-electron chi connectivity index (χ4n) is 3.51. The third kappa shape index (κ3) is 3.03. The minimum atomic E-state index is 0.319. The van der Waals surface area contributed by atoms with Crippen LogP contribution in [0, 0.1) is 11.3 Å². The lowest BCUT2D eigenvalue weighted by Crippen LogP contribution is -2.61. The molecule has 2 rings (SSSR count). The zero-order valence-electron chi connectivity index (χ0n) is 11.8. The molecule has 17 heavy (non-hydrogen) atoms. The molecule has 0 radical (unpaired) electrons. The second-order valence-electron chi connectivity index (χ2n) is 6.60. The molecule has 0 aliphatic heterocycles. The molecule has 0 bridgehead atoms. The van der Waals surface area contributed by atoms with Gasteiger partial charge in [0.2, 0.25) is 0 Å². The van der Waals surface area contributed by atoms with E-state index in [2.05, 4.69) is 19.2 Å². The Hall–Kier alpha value is -0.0800. The van der Waals surface area contributed by atoms with Crippen molar-refractivity contribution in [1.29, 1.82) is 0 Å². The molecule has 0 amide bonds. The van der Waals surface area contributed by atoms with E-state index in [1.807, 2.05) is 7.11 Å². The third-order valence-corrected chi connectivity index (χ3v) is 5.09. The van der Waals surface area contributed by atoms with Crippen molar-refractivity contribution < 1.29 is 4.74 Å². The molecule has 0 heterocycles. The fraction of sp³-hybridized carbons (Fsp3) is 1.00. The summed E-state index contributed by atoms with van der Waals surface area (Å²) < 4.78 is 5.50.